The SMILES string of the molecule is CCC1OCCC1C(=O)N(Cc1cccc(N)c1)C(C)C. The molecule has 1 aliphatic heterocycles. The number of rotatable bonds is 5. The standard InChI is InChI=1S/C17H26N2O2/c1-4-16-15(8-9-21-16)17(20)19(12(2)3)11-13-6-5-7-14(18)10-13/h5-7,10,12,15-16H,4,8-9,11,18H2,1-3H3. The van der Waals surface area contributed by atoms with E-state index in [1.807, 2.05) is 29.2 Å². The molecule has 116 valence electrons. The molecule has 0 aromatic heterocycles. The second-order valence-corrected chi connectivity index (χ2v) is 6.02. The van der Waals surface area contributed by atoms with E-state index >= 15 is 0 Å². The first-order valence-corrected chi connectivity index (χ1v) is 7.79. The number of nitrogens with two attached hydrogens (primary N) is 1. The fourth-order valence-corrected chi connectivity index (χ4v) is 2.95. The van der Waals surface area contributed by atoms with Crippen LogP contribution in [0.2, 0.25) is 0 Å². The summed E-state index contributed by atoms with van der Waals surface area (Å²) >= 11 is 0. The van der Waals surface area contributed by atoms with Crippen LogP contribution in [0.1, 0.15) is 39.2 Å². The highest BCUT2D eigenvalue weighted by atomic mass is 16.5. The average Bonchev–Trinajstić information content (AvgIpc) is 2.92. The topological polar surface area (TPSA) is 55.6 Å². The maximum atomic E-state index is 12.9. The van der Waals surface area contributed by atoms with E-state index in [-0.39, 0.29) is 24.0 Å². The van der Waals surface area contributed by atoms with E-state index in [0.29, 0.717) is 13.2 Å². The van der Waals surface area contributed by atoms with E-state index in [0.717, 1.165) is 24.1 Å². The van der Waals surface area contributed by atoms with Crippen molar-refractivity contribution in [3.05, 3.63) is 29.8 Å². The molecule has 1 aromatic carbocycles. The van der Waals surface area contributed by atoms with Crippen molar-refractivity contribution in [2.75, 3.05) is 12.3 Å². The second kappa shape index (κ2) is 6.94. The molecular weight excluding hydrogens is 264 g/mol. The van der Waals surface area contributed by atoms with Gasteiger partial charge in [-0.1, -0.05) is 19.1 Å². The number of nitrogens with zero attached hydrogens (tertiary/aromatic N) is 1. The third kappa shape index (κ3) is 3.76. The molecule has 4 heteroatoms. The summed E-state index contributed by atoms with van der Waals surface area (Å²) in [6.45, 7) is 7.49. The molecule has 2 rings (SSSR count). The maximum Gasteiger partial charge on any atom is 0.228 e. The van der Waals surface area contributed by atoms with Crippen molar-refractivity contribution in [3.8, 4) is 0 Å². The highest BCUT2D eigenvalue weighted by molar-refractivity contribution is 5.80. The number of hydrogen-bond donors (Lipinski definition) is 1. The monoisotopic (exact) mass is 290 g/mol. The molecule has 0 radical (unpaired) electrons. The normalized spacial score (nSPS) is 21.7. The summed E-state index contributed by atoms with van der Waals surface area (Å²) in [5.41, 5.74) is 7.64. The van der Waals surface area contributed by atoms with Crippen LogP contribution >= 0.6 is 0 Å². The molecule has 2 atom stereocenters. The Labute approximate surface area is 127 Å². The molecule has 21 heavy (non-hydrogen) atoms. The third-order valence-corrected chi connectivity index (χ3v) is 4.14. The van der Waals surface area contributed by atoms with E-state index in [1.165, 1.54) is 0 Å². The summed E-state index contributed by atoms with van der Waals surface area (Å²) in [5, 5.41) is 0. The lowest BCUT2D eigenvalue weighted by molar-refractivity contribution is -0.139. The largest absolute Gasteiger partial charge is 0.399 e. The van der Waals surface area contributed by atoms with Gasteiger partial charge < -0.3 is 15.4 Å². The minimum Gasteiger partial charge on any atom is -0.399 e. The average molecular weight is 290 g/mol. The predicted molar refractivity (Wildman–Crippen MR) is 84.7 cm³/mol. The van der Waals surface area contributed by atoms with Gasteiger partial charge in [-0.3, -0.25) is 4.79 Å². The summed E-state index contributed by atoms with van der Waals surface area (Å²) in [6.07, 6.45) is 1.79. The molecule has 0 spiro atoms. The number of carbonyl (C=O) groups excluding carboxylic acids is 1. The Balaban J connectivity index is 2.13. The van der Waals surface area contributed by atoms with Gasteiger partial charge in [0.1, 0.15) is 0 Å². The first-order chi connectivity index (χ1) is 10.0. The van der Waals surface area contributed by atoms with Gasteiger partial charge >= 0.3 is 0 Å². The number of nitrogen functional groups attached to an aromatic ring is 1. The van der Waals surface area contributed by atoms with Crippen LogP contribution in [0.25, 0.3) is 0 Å². The Morgan fingerprint density at radius 1 is 1.48 bits per heavy atom. The van der Waals surface area contributed by atoms with E-state index in [4.69, 9.17) is 10.5 Å². The molecule has 2 N–H and O–H groups in total. The lowest BCUT2D eigenvalue weighted by atomic mass is 9.97. The van der Waals surface area contributed by atoms with Crippen LogP contribution in [0.5, 0.6) is 0 Å². The molecular formula is C17H26N2O2. The molecule has 2 unspecified atom stereocenters. The minimum absolute atomic E-state index is 0.00143. The molecule has 4 nitrogen and oxygen atoms in total. The van der Waals surface area contributed by atoms with E-state index < -0.39 is 0 Å². The number of benzene rings is 1. The van der Waals surface area contributed by atoms with E-state index in [2.05, 4.69) is 20.8 Å². The first kappa shape index (κ1) is 15.8. The Morgan fingerprint density at radius 2 is 2.24 bits per heavy atom. The van der Waals surface area contributed by atoms with E-state index in [1.54, 1.807) is 0 Å². The van der Waals surface area contributed by atoms with Crippen LogP contribution in [-0.4, -0.2) is 29.6 Å². The quantitative estimate of drug-likeness (QED) is 0.848. The van der Waals surface area contributed by atoms with Gasteiger partial charge in [-0.05, 0) is 44.4 Å². The Kier molecular flexibility index (Phi) is 5.23. The Hall–Kier alpha value is -1.55. The fraction of sp³-hybridized carbons (Fsp3) is 0.588. The number of ether oxygens (including phenoxy) is 1. The molecule has 1 fully saturated rings. The van der Waals surface area contributed by atoms with Crippen LogP contribution in [-0.2, 0) is 16.1 Å². The smallest absolute Gasteiger partial charge is 0.228 e. The van der Waals surface area contributed by atoms with Crippen molar-refractivity contribution in [1.29, 1.82) is 0 Å². The summed E-state index contributed by atoms with van der Waals surface area (Å²) in [4.78, 5) is 14.8. The van der Waals surface area contributed by atoms with Crippen LogP contribution in [0, 0.1) is 5.92 Å². The van der Waals surface area contributed by atoms with Crippen molar-refractivity contribution >= 4 is 11.6 Å². The third-order valence-electron chi connectivity index (χ3n) is 4.14. The highest BCUT2D eigenvalue weighted by Crippen LogP contribution is 2.27. The fourth-order valence-electron chi connectivity index (χ4n) is 2.95. The Bertz CT molecular complexity index is 487. The molecule has 1 heterocycles. The molecule has 1 amide bonds. The van der Waals surface area contributed by atoms with Gasteiger partial charge in [0.15, 0.2) is 0 Å². The van der Waals surface area contributed by atoms with Crippen molar-refractivity contribution in [3.63, 3.8) is 0 Å². The number of carbonyl (C=O) groups is 1. The lowest BCUT2D eigenvalue weighted by Gasteiger charge is -2.31. The summed E-state index contributed by atoms with van der Waals surface area (Å²) in [6, 6.07) is 7.91. The van der Waals surface area contributed by atoms with Gasteiger partial charge in [-0.2, -0.15) is 0 Å². The van der Waals surface area contributed by atoms with Crippen LogP contribution in [0.4, 0.5) is 5.69 Å². The lowest BCUT2D eigenvalue weighted by Crippen LogP contribution is -2.42. The predicted octanol–water partition coefficient (Wildman–Crippen LogP) is 2.82. The molecule has 0 bridgehead atoms. The molecule has 1 saturated heterocycles. The summed E-state index contributed by atoms with van der Waals surface area (Å²) < 4.78 is 5.67. The van der Waals surface area contributed by atoms with Crippen LogP contribution in [0.15, 0.2) is 24.3 Å². The van der Waals surface area contributed by atoms with Gasteiger partial charge in [0.05, 0.1) is 12.0 Å². The number of hydrogen-bond acceptors (Lipinski definition) is 3. The van der Waals surface area contributed by atoms with Crippen molar-refractivity contribution in [1.82, 2.24) is 4.90 Å². The zero-order chi connectivity index (χ0) is 15.4. The zero-order valence-corrected chi connectivity index (χ0v) is 13.2. The van der Waals surface area contributed by atoms with Crippen molar-refractivity contribution in [2.24, 2.45) is 5.92 Å². The maximum absolute atomic E-state index is 12.9. The second-order valence-electron chi connectivity index (χ2n) is 6.02. The molecule has 1 aromatic rings. The Morgan fingerprint density at radius 3 is 2.86 bits per heavy atom. The molecule has 1 aliphatic rings. The number of amides is 1. The first-order valence-electron chi connectivity index (χ1n) is 7.79. The van der Waals surface area contributed by atoms with E-state index in [9.17, 15) is 4.79 Å². The van der Waals surface area contributed by atoms with Gasteiger partial charge in [-0.25, -0.2) is 0 Å². The van der Waals surface area contributed by atoms with Crippen LogP contribution in [0.3, 0.4) is 0 Å². The summed E-state index contributed by atoms with van der Waals surface area (Å²) in [7, 11) is 0. The van der Waals surface area contributed by atoms with Gasteiger partial charge in [-0.15, -0.1) is 0 Å². The zero-order valence-electron chi connectivity index (χ0n) is 13.2. The minimum atomic E-state index is -0.00143. The van der Waals surface area contributed by atoms with Gasteiger partial charge in [0.25, 0.3) is 0 Å². The van der Waals surface area contributed by atoms with Gasteiger partial charge in [0, 0.05) is 24.9 Å². The van der Waals surface area contributed by atoms with Gasteiger partial charge in [0.2, 0.25) is 5.91 Å². The van der Waals surface area contributed by atoms with Crippen LogP contribution < -0.4 is 5.73 Å². The highest BCUT2D eigenvalue weighted by Gasteiger charge is 2.36. The molecule has 0 saturated carbocycles. The van der Waals surface area contributed by atoms with Crippen molar-refractivity contribution in [2.45, 2.75) is 52.3 Å². The number of anilines is 1. The summed E-state index contributed by atoms with van der Waals surface area (Å²) in [5.74, 6) is 0.204. The van der Waals surface area contributed by atoms with Crippen molar-refractivity contribution < 1.29 is 9.53 Å². The molecule has 0 aliphatic carbocycles.